The zero-order chi connectivity index (χ0) is 27.5. The number of hydrogen-bond donors (Lipinski definition) is 2. The number of primary amides is 1. The minimum absolute atomic E-state index is 0.0450. The molecule has 10 heteroatoms. The Kier molecular flexibility index (Phi) is 7.36. The first-order valence-electron chi connectivity index (χ1n) is 12.2. The van der Waals surface area contributed by atoms with Gasteiger partial charge in [-0.15, -0.1) is 0 Å². The molecule has 198 valence electrons. The molecule has 4 aromatic rings. The number of nitrogens with one attached hydrogen (secondary N) is 1. The van der Waals surface area contributed by atoms with Gasteiger partial charge >= 0.3 is 0 Å². The largest absolute Gasteiger partial charge is 0.466 e. The molecular formula is C29H25F2N5O3. The summed E-state index contributed by atoms with van der Waals surface area (Å²) < 4.78 is 39.4. The molecule has 3 N–H and O–H groups in total. The highest BCUT2D eigenvalue weighted by Gasteiger charge is 2.27. The van der Waals surface area contributed by atoms with Gasteiger partial charge in [-0.2, -0.15) is 5.26 Å². The number of piperazine rings is 1. The highest BCUT2D eigenvalue weighted by atomic mass is 19.1. The Morgan fingerprint density at radius 1 is 1.15 bits per heavy atom. The minimum Gasteiger partial charge on any atom is -0.466 e. The van der Waals surface area contributed by atoms with Crippen LogP contribution in [0.15, 0.2) is 60.8 Å². The van der Waals surface area contributed by atoms with Crippen molar-refractivity contribution in [1.29, 1.82) is 5.26 Å². The number of pyridine rings is 1. The lowest BCUT2D eigenvalue weighted by atomic mass is 9.96. The van der Waals surface area contributed by atoms with Gasteiger partial charge in [0.05, 0.1) is 16.8 Å². The molecule has 1 aliphatic rings. The molecule has 0 spiro atoms. The molecule has 1 fully saturated rings. The molecule has 3 aromatic carbocycles. The van der Waals surface area contributed by atoms with E-state index in [-0.39, 0.29) is 13.3 Å². The standard InChI is InChI=1S/C29H25F2N5O3/c1-38-16-39-28-18(13-32)3-2-4-22(28)17-5-6-25-23(11-17)27(36-8-7-34-26(15-36)29(33)37)24(14-35-25)19-9-20(30)12-21(31)10-19/h2-6,9-12,14,26,34H,7-8,15-16H2,1H3,(H2,33,37). The average molecular weight is 530 g/mol. The Morgan fingerprint density at radius 3 is 2.67 bits per heavy atom. The van der Waals surface area contributed by atoms with Crippen LogP contribution in [-0.4, -0.2) is 50.5 Å². The predicted octanol–water partition coefficient (Wildman–Crippen LogP) is 3.96. The number of carbonyl (C=O) groups excluding carboxylic acids is 1. The lowest BCUT2D eigenvalue weighted by Crippen LogP contribution is -2.56. The van der Waals surface area contributed by atoms with E-state index in [1.807, 2.05) is 29.2 Å². The molecule has 0 saturated carbocycles. The van der Waals surface area contributed by atoms with Gasteiger partial charge in [-0.05, 0) is 41.5 Å². The van der Waals surface area contributed by atoms with Gasteiger partial charge in [0.2, 0.25) is 5.91 Å². The summed E-state index contributed by atoms with van der Waals surface area (Å²) in [6.45, 7) is 1.21. The van der Waals surface area contributed by atoms with Crippen LogP contribution in [0.4, 0.5) is 14.5 Å². The average Bonchev–Trinajstić information content (AvgIpc) is 2.94. The quantitative estimate of drug-likeness (QED) is 0.349. The highest BCUT2D eigenvalue weighted by molar-refractivity contribution is 6.02. The fourth-order valence-electron chi connectivity index (χ4n) is 4.88. The van der Waals surface area contributed by atoms with E-state index in [4.69, 9.17) is 15.2 Å². The Morgan fingerprint density at radius 2 is 1.95 bits per heavy atom. The normalized spacial score (nSPS) is 15.2. The van der Waals surface area contributed by atoms with Crippen molar-refractivity contribution in [1.82, 2.24) is 10.3 Å². The van der Waals surface area contributed by atoms with Crippen LogP contribution in [0.5, 0.6) is 5.75 Å². The Labute approximate surface area is 223 Å². The zero-order valence-electron chi connectivity index (χ0n) is 21.1. The van der Waals surface area contributed by atoms with Gasteiger partial charge in [0.15, 0.2) is 6.79 Å². The van der Waals surface area contributed by atoms with Gasteiger partial charge < -0.3 is 25.4 Å². The van der Waals surface area contributed by atoms with Crippen molar-refractivity contribution < 1.29 is 23.0 Å². The van der Waals surface area contributed by atoms with E-state index < -0.39 is 23.6 Å². The van der Waals surface area contributed by atoms with Gasteiger partial charge in [-0.25, -0.2) is 8.78 Å². The van der Waals surface area contributed by atoms with Gasteiger partial charge in [0.25, 0.3) is 0 Å². The van der Waals surface area contributed by atoms with Crippen molar-refractivity contribution in [3.8, 4) is 34.1 Å². The van der Waals surface area contributed by atoms with Crippen LogP contribution in [0, 0.1) is 23.0 Å². The number of halogens is 2. The number of benzene rings is 3. The number of methoxy groups -OCH3 is 1. The topological polar surface area (TPSA) is 114 Å². The van der Waals surface area contributed by atoms with Gasteiger partial charge in [0, 0.05) is 55.5 Å². The third-order valence-corrected chi connectivity index (χ3v) is 6.62. The molecule has 0 aliphatic carbocycles. The van der Waals surface area contributed by atoms with Gasteiger partial charge in [-0.1, -0.05) is 18.2 Å². The number of nitrogens with zero attached hydrogens (tertiary/aromatic N) is 3. The van der Waals surface area contributed by atoms with E-state index in [9.17, 15) is 18.8 Å². The van der Waals surface area contributed by atoms with Crippen LogP contribution in [0.1, 0.15) is 5.56 Å². The summed E-state index contributed by atoms with van der Waals surface area (Å²) in [6, 6.07) is 15.7. The van der Waals surface area contributed by atoms with Crippen LogP contribution in [0.3, 0.4) is 0 Å². The smallest absolute Gasteiger partial charge is 0.236 e. The maximum atomic E-state index is 14.3. The molecule has 1 aliphatic heterocycles. The monoisotopic (exact) mass is 529 g/mol. The second-order valence-corrected chi connectivity index (χ2v) is 9.11. The Balaban J connectivity index is 1.75. The number of ether oxygens (including phenoxy) is 2. The van der Waals surface area contributed by atoms with Crippen LogP contribution >= 0.6 is 0 Å². The second kappa shape index (κ2) is 11.0. The summed E-state index contributed by atoms with van der Waals surface area (Å²) >= 11 is 0. The van der Waals surface area contributed by atoms with Crippen LogP contribution in [-0.2, 0) is 9.53 Å². The first-order valence-corrected chi connectivity index (χ1v) is 12.2. The highest BCUT2D eigenvalue weighted by Crippen LogP contribution is 2.41. The fourth-order valence-corrected chi connectivity index (χ4v) is 4.88. The molecule has 5 rings (SSSR count). The summed E-state index contributed by atoms with van der Waals surface area (Å²) in [7, 11) is 1.49. The van der Waals surface area contributed by atoms with Gasteiger partial charge in [-0.3, -0.25) is 9.78 Å². The number of para-hydroxylation sites is 1. The number of aromatic nitrogens is 1. The maximum absolute atomic E-state index is 14.3. The van der Waals surface area contributed by atoms with E-state index in [0.717, 1.165) is 11.6 Å². The minimum atomic E-state index is -0.714. The summed E-state index contributed by atoms with van der Waals surface area (Å²) in [4.78, 5) is 18.6. The maximum Gasteiger partial charge on any atom is 0.236 e. The summed E-state index contributed by atoms with van der Waals surface area (Å²) in [5.74, 6) is -1.55. The molecule has 1 unspecified atom stereocenters. The number of hydrogen-bond acceptors (Lipinski definition) is 7. The van der Waals surface area contributed by atoms with E-state index >= 15 is 0 Å². The van der Waals surface area contributed by atoms with Crippen molar-refractivity contribution in [2.45, 2.75) is 6.04 Å². The molecular weight excluding hydrogens is 504 g/mol. The summed E-state index contributed by atoms with van der Waals surface area (Å²) in [5, 5.41) is 13.5. The van der Waals surface area contributed by atoms with E-state index in [1.165, 1.54) is 19.2 Å². The number of anilines is 1. The lowest BCUT2D eigenvalue weighted by molar-refractivity contribution is -0.120. The van der Waals surface area contributed by atoms with Gasteiger partial charge in [0.1, 0.15) is 29.5 Å². The molecule has 1 aromatic heterocycles. The van der Waals surface area contributed by atoms with E-state index in [1.54, 1.807) is 18.3 Å². The third kappa shape index (κ3) is 5.23. The first-order chi connectivity index (χ1) is 18.9. The van der Waals surface area contributed by atoms with Crippen molar-refractivity contribution in [2.75, 3.05) is 38.4 Å². The molecule has 1 amide bonds. The summed E-state index contributed by atoms with van der Waals surface area (Å²) in [5.41, 5.74) is 9.46. The number of nitrogens with two attached hydrogens (primary N) is 1. The molecule has 39 heavy (non-hydrogen) atoms. The molecule has 0 radical (unpaired) electrons. The molecule has 0 bridgehead atoms. The van der Waals surface area contributed by atoms with Crippen LogP contribution in [0.25, 0.3) is 33.2 Å². The van der Waals surface area contributed by atoms with Crippen molar-refractivity contribution >= 4 is 22.5 Å². The lowest BCUT2D eigenvalue weighted by Gasteiger charge is -2.35. The Hall–Kier alpha value is -4.59. The second-order valence-electron chi connectivity index (χ2n) is 9.11. The van der Waals surface area contributed by atoms with Crippen LogP contribution < -0.4 is 20.7 Å². The first kappa shape index (κ1) is 26.0. The number of fused-ring (bicyclic) bond motifs is 1. The van der Waals surface area contributed by atoms with Crippen LogP contribution in [0.2, 0.25) is 0 Å². The number of carbonyl (C=O) groups is 1. The predicted molar refractivity (Wildman–Crippen MR) is 143 cm³/mol. The zero-order valence-corrected chi connectivity index (χ0v) is 21.1. The number of rotatable bonds is 7. The van der Waals surface area contributed by atoms with Crippen molar-refractivity contribution in [3.05, 3.63) is 78.0 Å². The third-order valence-electron chi connectivity index (χ3n) is 6.62. The molecule has 8 nitrogen and oxygen atoms in total. The fraction of sp³-hybridized carbons (Fsp3) is 0.207. The van der Waals surface area contributed by atoms with Crippen molar-refractivity contribution in [2.24, 2.45) is 5.73 Å². The number of nitriles is 1. The molecule has 1 saturated heterocycles. The van der Waals surface area contributed by atoms with E-state index in [0.29, 0.717) is 57.7 Å². The molecule has 2 heterocycles. The number of amides is 1. The van der Waals surface area contributed by atoms with Crippen molar-refractivity contribution in [3.63, 3.8) is 0 Å². The SMILES string of the molecule is COCOc1c(C#N)cccc1-c1ccc2ncc(-c3cc(F)cc(F)c3)c(N3CCNC(C(N)=O)C3)c2c1. The molecule has 1 atom stereocenters. The van der Waals surface area contributed by atoms with E-state index in [2.05, 4.69) is 16.4 Å². The summed E-state index contributed by atoms with van der Waals surface area (Å²) in [6.07, 6.45) is 1.58. The Bertz CT molecular complexity index is 1580.